The fourth-order valence-corrected chi connectivity index (χ4v) is 5.56. The molecule has 0 aliphatic carbocycles. The number of carbonyl (C=O) groups excluding carboxylic acids is 1. The van der Waals surface area contributed by atoms with Gasteiger partial charge in [-0.15, -0.1) is 24.2 Å². The third-order valence-corrected chi connectivity index (χ3v) is 7.40. The molecular weight excluding hydrogens is 485 g/mol. The smallest absolute Gasteiger partial charge is 0.260 e. The zero-order valence-corrected chi connectivity index (χ0v) is 21.4. The van der Waals surface area contributed by atoms with Gasteiger partial charge in [-0.1, -0.05) is 22.9 Å². The molecule has 0 radical (unpaired) electrons. The summed E-state index contributed by atoms with van der Waals surface area (Å²) in [5.41, 5.74) is 2.61. The van der Waals surface area contributed by atoms with Crippen molar-refractivity contribution in [3.63, 3.8) is 0 Å². The van der Waals surface area contributed by atoms with Crippen molar-refractivity contribution >= 4 is 68.4 Å². The van der Waals surface area contributed by atoms with Crippen molar-refractivity contribution in [2.45, 2.75) is 18.2 Å². The van der Waals surface area contributed by atoms with E-state index in [0.29, 0.717) is 17.1 Å². The first-order chi connectivity index (χ1) is 15.0. The SMILES string of the molecule is CSc1ccc(C(=O)N(CCCN2CCOCC2)c2nc3c(C)cc(Cl)cc3s2)cc1.Cl. The number of fused-ring (bicyclic) bond motifs is 1. The molecule has 0 unspecified atom stereocenters. The molecule has 1 aliphatic rings. The fourth-order valence-electron chi connectivity index (χ4n) is 3.71. The number of morpholine rings is 1. The second-order valence-corrected chi connectivity index (χ2v) is 9.88. The second-order valence-electron chi connectivity index (χ2n) is 7.56. The highest BCUT2D eigenvalue weighted by molar-refractivity contribution is 7.98. The van der Waals surface area contributed by atoms with E-state index in [1.54, 1.807) is 11.8 Å². The zero-order valence-electron chi connectivity index (χ0n) is 18.2. The van der Waals surface area contributed by atoms with Gasteiger partial charge in [0.15, 0.2) is 5.13 Å². The molecule has 0 atom stereocenters. The monoisotopic (exact) mass is 511 g/mol. The molecule has 32 heavy (non-hydrogen) atoms. The number of aryl methyl sites for hydroxylation is 1. The number of hydrogen-bond donors (Lipinski definition) is 0. The van der Waals surface area contributed by atoms with Crippen LogP contribution in [0.4, 0.5) is 5.13 Å². The number of amides is 1. The molecule has 1 saturated heterocycles. The Morgan fingerprint density at radius 2 is 1.97 bits per heavy atom. The van der Waals surface area contributed by atoms with Crippen molar-refractivity contribution in [2.24, 2.45) is 0 Å². The average molecular weight is 513 g/mol. The van der Waals surface area contributed by atoms with E-state index >= 15 is 0 Å². The molecule has 4 rings (SSSR count). The van der Waals surface area contributed by atoms with E-state index in [1.807, 2.05) is 54.5 Å². The van der Waals surface area contributed by atoms with Crippen LogP contribution >= 0.6 is 47.1 Å². The van der Waals surface area contributed by atoms with Gasteiger partial charge in [-0.25, -0.2) is 4.98 Å². The number of halogens is 2. The third-order valence-electron chi connectivity index (χ3n) is 5.41. The predicted molar refractivity (Wildman–Crippen MR) is 138 cm³/mol. The number of thioether (sulfide) groups is 1. The predicted octanol–water partition coefficient (Wildman–Crippen LogP) is 5.77. The van der Waals surface area contributed by atoms with Gasteiger partial charge in [0.25, 0.3) is 5.91 Å². The van der Waals surface area contributed by atoms with Crippen LogP contribution in [0.25, 0.3) is 10.2 Å². The maximum absolute atomic E-state index is 13.5. The maximum atomic E-state index is 13.5. The van der Waals surface area contributed by atoms with Crippen molar-refractivity contribution in [1.82, 2.24) is 9.88 Å². The van der Waals surface area contributed by atoms with Crippen molar-refractivity contribution < 1.29 is 9.53 Å². The highest BCUT2D eigenvalue weighted by Crippen LogP contribution is 2.34. The van der Waals surface area contributed by atoms with E-state index in [4.69, 9.17) is 21.3 Å². The van der Waals surface area contributed by atoms with Gasteiger partial charge in [0.1, 0.15) is 0 Å². The number of thiazole rings is 1. The van der Waals surface area contributed by atoms with E-state index < -0.39 is 0 Å². The molecule has 0 saturated carbocycles. The van der Waals surface area contributed by atoms with E-state index in [0.717, 1.165) is 65.1 Å². The summed E-state index contributed by atoms with van der Waals surface area (Å²) >= 11 is 9.44. The molecule has 9 heteroatoms. The van der Waals surface area contributed by atoms with Crippen LogP contribution in [0.3, 0.4) is 0 Å². The number of anilines is 1. The number of aromatic nitrogens is 1. The lowest BCUT2D eigenvalue weighted by molar-refractivity contribution is 0.0376. The zero-order chi connectivity index (χ0) is 21.8. The maximum Gasteiger partial charge on any atom is 0.260 e. The van der Waals surface area contributed by atoms with Gasteiger partial charge >= 0.3 is 0 Å². The highest BCUT2D eigenvalue weighted by Gasteiger charge is 2.22. The van der Waals surface area contributed by atoms with Gasteiger partial charge in [0.2, 0.25) is 0 Å². The molecule has 0 spiro atoms. The minimum Gasteiger partial charge on any atom is -0.379 e. The van der Waals surface area contributed by atoms with E-state index in [1.165, 1.54) is 11.3 Å². The molecule has 0 N–H and O–H groups in total. The average Bonchev–Trinajstić information content (AvgIpc) is 3.21. The number of ether oxygens (including phenoxy) is 1. The van der Waals surface area contributed by atoms with Crippen LogP contribution in [0.5, 0.6) is 0 Å². The Hall–Kier alpha value is -1.35. The molecule has 2 heterocycles. The first kappa shape index (κ1) is 25.3. The lowest BCUT2D eigenvalue weighted by Gasteiger charge is -2.27. The molecule has 5 nitrogen and oxygen atoms in total. The van der Waals surface area contributed by atoms with Crippen molar-refractivity contribution in [3.05, 3.63) is 52.5 Å². The van der Waals surface area contributed by atoms with Gasteiger partial charge in [-0.05, 0) is 61.6 Å². The Labute approximate surface area is 208 Å². The van der Waals surface area contributed by atoms with Crippen LogP contribution < -0.4 is 4.90 Å². The van der Waals surface area contributed by atoms with Gasteiger partial charge < -0.3 is 4.74 Å². The Morgan fingerprint density at radius 1 is 1.25 bits per heavy atom. The van der Waals surface area contributed by atoms with Crippen molar-refractivity contribution in [3.8, 4) is 0 Å². The molecule has 3 aromatic rings. The van der Waals surface area contributed by atoms with Gasteiger partial charge in [-0.3, -0.25) is 14.6 Å². The Kier molecular flexibility index (Phi) is 9.22. The van der Waals surface area contributed by atoms with Crippen LogP contribution in [0.1, 0.15) is 22.3 Å². The van der Waals surface area contributed by atoms with Crippen LogP contribution in [0, 0.1) is 6.92 Å². The van der Waals surface area contributed by atoms with Crippen molar-refractivity contribution in [2.75, 3.05) is 50.5 Å². The first-order valence-electron chi connectivity index (χ1n) is 10.4. The van der Waals surface area contributed by atoms with Gasteiger partial charge in [0, 0.05) is 41.7 Å². The number of rotatable bonds is 7. The summed E-state index contributed by atoms with van der Waals surface area (Å²) in [4.78, 5) is 23.7. The molecule has 1 amide bonds. The Bertz CT molecular complexity index is 1050. The lowest BCUT2D eigenvalue weighted by atomic mass is 10.2. The molecule has 0 bridgehead atoms. The summed E-state index contributed by atoms with van der Waals surface area (Å²) in [5.74, 6) is -0.0163. The van der Waals surface area contributed by atoms with Crippen LogP contribution in [0.15, 0.2) is 41.3 Å². The standard InChI is InChI=1S/C23H26ClN3O2S2.ClH/c1-16-14-18(24)15-20-21(16)25-23(31-20)27(9-3-8-26-10-12-29-13-11-26)22(28)17-4-6-19(30-2)7-5-17;/h4-7,14-15H,3,8-13H2,1-2H3;1H. The van der Waals surface area contributed by atoms with Crippen LogP contribution in [0.2, 0.25) is 5.02 Å². The van der Waals surface area contributed by atoms with E-state index in [2.05, 4.69) is 4.90 Å². The summed E-state index contributed by atoms with van der Waals surface area (Å²) in [7, 11) is 0. The summed E-state index contributed by atoms with van der Waals surface area (Å²) in [6, 6.07) is 11.6. The van der Waals surface area contributed by atoms with Crippen LogP contribution in [-0.2, 0) is 4.74 Å². The quantitative estimate of drug-likeness (QED) is 0.376. The highest BCUT2D eigenvalue weighted by atomic mass is 35.5. The molecule has 1 aliphatic heterocycles. The Balaban J connectivity index is 0.00000289. The van der Waals surface area contributed by atoms with Gasteiger partial charge in [-0.2, -0.15) is 0 Å². The normalized spacial score (nSPS) is 14.3. The van der Waals surface area contributed by atoms with Gasteiger partial charge in [0.05, 0.1) is 23.4 Å². The number of carbonyl (C=O) groups is 1. The number of hydrogen-bond acceptors (Lipinski definition) is 6. The summed E-state index contributed by atoms with van der Waals surface area (Å²) in [6.45, 7) is 7.02. The number of benzene rings is 2. The topological polar surface area (TPSA) is 45.7 Å². The van der Waals surface area contributed by atoms with Crippen molar-refractivity contribution in [1.29, 1.82) is 0 Å². The third kappa shape index (κ3) is 5.95. The minimum absolute atomic E-state index is 0. The molecule has 172 valence electrons. The summed E-state index contributed by atoms with van der Waals surface area (Å²) < 4.78 is 6.44. The first-order valence-corrected chi connectivity index (χ1v) is 12.8. The van der Waals surface area contributed by atoms with E-state index in [9.17, 15) is 4.79 Å². The Morgan fingerprint density at radius 3 is 2.66 bits per heavy atom. The number of nitrogens with zero attached hydrogens (tertiary/aromatic N) is 3. The fraction of sp³-hybridized carbons (Fsp3) is 0.391. The molecule has 1 fully saturated rings. The minimum atomic E-state index is -0.0163. The lowest BCUT2D eigenvalue weighted by Crippen LogP contribution is -2.39. The second kappa shape index (κ2) is 11.7. The largest absolute Gasteiger partial charge is 0.379 e. The molecule has 1 aromatic heterocycles. The molecule has 2 aromatic carbocycles. The summed E-state index contributed by atoms with van der Waals surface area (Å²) in [5, 5.41) is 1.42. The summed E-state index contributed by atoms with van der Waals surface area (Å²) in [6.07, 6.45) is 2.91. The molecular formula is C23H27Cl2N3O2S2. The van der Waals surface area contributed by atoms with Crippen LogP contribution in [-0.4, -0.2) is 61.4 Å². The van der Waals surface area contributed by atoms with E-state index in [-0.39, 0.29) is 18.3 Å².